The Bertz CT molecular complexity index is 710. The highest BCUT2D eigenvalue weighted by atomic mass is 16.5. The van der Waals surface area contributed by atoms with Crippen LogP contribution in [0.25, 0.3) is 0 Å². The lowest BCUT2D eigenvalue weighted by Gasteiger charge is -2.34. The molecule has 0 radical (unpaired) electrons. The summed E-state index contributed by atoms with van der Waals surface area (Å²) in [5, 5.41) is 2.92. The molecule has 150 valence electrons. The molecule has 1 heterocycles. The summed E-state index contributed by atoms with van der Waals surface area (Å²) in [6, 6.07) is 18.9. The van der Waals surface area contributed by atoms with Gasteiger partial charge in [0.25, 0.3) is 0 Å². The molecule has 5 nitrogen and oxygen atoms in total. The van der Waals surface area contributed by atoms with Crippen molar-refractivity contribution in [3.8, 4) is 0 Å². The lowest BCUT2D eigenvalue weighted by atomic mass is 10.1. The van der Waals surface area contributed by atoms with E-state index < -0.39 is 0 Å². The normalized spacial score (nSPS) is 15.5. The molecule has 3 rings (SSSR count). The molecule has 1 amide bonds. The summed E-state index contributed by atoms with van der Waals surface area (Å²) < 4.78 is 5.22. The van der Waals surface area contributed by atoms with Gasteiger partial charge in [0.1, 0.15) is 0 Å². The van der Waals surface area contributed by atoms with Crippen LogP contribution in [0.3, 0.4) is 0 Å². The number of rotatable bonds is 9. The van der Waals surface area contributed by atoms with Crippen LogP contribution in [-0.2, 0) is 22.6 Å². The number of benzene rings is 2. The van der Waals surface area contributed by atoms with Crippen molar-refractivity contribution in [3.05, 3.63) is 65.7 Å². The smallest absolute Gasteiger partial charge is 0.226 e. The van der Waals surface area contributed by atoms with Crippen LogP contribution in [0.15, 0.2) is 54.6 Å². The first-order valence-electron chi connectivity index (χ1n) is 10.2. The van der Waals surface area contributed by atoms with Gasteiger partial charge in [-0.2, -0.15) is 0 Å². The first-order chi connectivity index (χ1) is 13.7. The molecule has 0 aromatic heterocycles. The SMILES string of the molecule is CCOCCC(=O)Nc1ccc(CN2CCN(Cc3ccccc3)CC2)cc1. The maximum Gasteiger partial charge on any atom is 0.226 e. The molecule has 0 aliphatic carbocycles. The minimum atomic E-state index is -0.00395. The second kappa shape index (κ2) is 11.0. The van der Waals surface area contributed by atoms with Crippen molar-refractivity contribution in [3.63, 3.8) is 0 Å². The van der Waals surface area contributed by atoms with E-state index in [9.17, 15) is 4.79 Å². The fraction of sp³-hybridized carbons (Fsp3) is 0.435. The van der Waals surface area contributed by atoms with Crippen molar-refractivity contribution in [1.29, 1.82) is 0 Å². The van der Waals surface area contributed by atoms with E-state index in [2.05, 4.69) is 57.6 Å². The summed E-state index contributed by atoms with van der Waals surface area (Å²) in [7, 11) is 0. The molecule has 1 aliphatic rings. The van der Waals surface area contributed by atoms with Gasteiger partial charge in [0.2, 0.25) is 5.91 Å². The van der Waals surface area contributed by atoms with Gasteiger partial charge in [0, 0.05) is 51.6 Å². The average Bonchev–Trinajstić information content (AvgIpc) is 2.72. The second-order valence-electron chi connectivity index (χ2n) is 7.23. The number of nitrogens with one attached hydrogen (secondary N) is 1. The number of hydrogen-bond donors (Lipinski definition) is 1. The van der Waals surface area contributed by atoms with Crippen LogP contribution in [0, 0.1) is 0 Å². The zero-order valence-electron chi connectivity index (χ0n) is 16.8. The largest absolute Gasteiger partial charge is 0.381 e. The predicted octanol–water partition coefficient (Wildman–Crippen LogP) is 3.37. The second-order valence-corrected chi connectivity index (χ2v) is 7.23. The van der Waals surface area contributed by atoms with E-state index in [-0.39, 0.29) is 5.91 Å². The van der Waals surface area contributed by atoms with Gasteiger partial charge >= 0.3 is 0 Å². The minimum Gasteiger partial charge on any atom is -0.381 e. The number of carbonyl (C=O) groups is 1. The van der Waals surface area contributed by atoms with Crippen molar-refractivity contribution in [2.45, 2.75) is 26.4 Å². The van der Waals surface area contributed by atoms with E-state index in [1.165, 1.54) is 11.1 Å². The highest BCUT2D eigenvalue weighted by molar-refractivity contribution is 5.90. The van der Waals surface area contributed by atoms with Gasteiger partial charge in [0.15, 0.2) is 0 Å². The predicted molar refractivity (Wildman–Crippen MR) is 113 cm³/mol. The maximum atomic E-state index is 11.8. The Morgan fingerprint density at radius 2 is 1.46 bits per heavy atom. The van der Waals surface area contributed by atoms with Gasteiger partial charge in [-0.15, -0.1) is 0 Å². The van der Waals surface area contributed by atoms with E-state index in [0.29, 0.717) is 19.6 Å². The fourth-order valence-electron chi connectivity index (χ4n) is 3.43. The highest BCUT2D eigenvalue weighted by Gasteiger charge is 2.17. The summed E-state index contributed by atoms with van der Waals surface area (Å²) in [6.45, 7) is 9.40. The van der Waals surface area contributed by atoms with Gasteiger partial charge in [-0.1, -0.05) is 42.5 Å². The van der Waals surface area contributed by atoms with Crippen molar-refractivity contribution in [1.82, 2.24) is 9.80 Å². The van der Waals surface area contributed by atoms with Crippen LogP contribution in [0.2, 0.25) is 0 Å². The number of piperazine rings is 1. The van der Waals surface area contributed by atoms with E-state index in [1.54, 1.807) is 0 Å². The Morgan fingerprint density at radius 3 is 2.04 bits per heavy atom. The van der Waals surface area contributed by atoms with Crippen LogP contribution in [0.4, 0.5) is 5.69 Å². The molecule has 1 aliphatic heterocycles. The van der Waals surface area contributed by atoms with E-state index in [1.807, 2.05) is 19.1 Å². The minimum absolute atomic E-state index is 0.00395. The average molecular weight is 382 g/mol. The van der Waals surface area contributed by atoms with Crippen molar-refractivity contribution in [2.24, 2.45) is 0 Å². The van der Waals surface area contributed by atoms with Gasteiger partial charge < -0.3 is 10.1 Å². The molecule has 28 heavy (non-hydrogen) atoms. The molecule has 0 saturated carbocycles. The van der Waals surface area contributed by atoms with Crippen LogP contribution < -0.4 is 5.32 Å². The maximum absolute atomic E-state index is 11.8. The van der Waals surface area contributed by atoms with Crippen molar-refractivity contribution < 1.29 is 9.53 Å². The number of ether oxygens (including phenoxy) is 1. The zero-order valence-corrected chi connectivity index (χ0v) is 16.8. The van der Waals surface area contributed by atoms with Gasteiger partial charge in [-0.3, -0.25) is 14.6 Å². The monoisotopic (exact) mass is 381 g/mol. The Kier molecular flexibility index (Phi) is 8.03. The molecule has 1 fully saturated rings. The molecule has 2 aromatic rings. The Hall–Kier alpha value is -2.21. The lowest BCUT2D eigenvalue weighted by molar-refractivity contribution is -0.117. The molecule has 0 spiro atoms. The highest BCUT2D eigenvalue weighted by Crippen LogP contribution is 2.14. The quantitative estimate of drug-likeness (QED) is 0.677. The van der Waals surface area contributed by atoms with Gasteiger partial charge in [0.05, 0.1) is 13.0 Å². The molecule has 1 saturated heterocycles. The Balaban J connectivity index is 1.39. The topological polar surface area (TPSA) is 44.8 Å². The molecule has 2 aromatic carbocycles. The van der Waals surface area contributed by atoms with Crippen molar-refractivity contribution in [2.75, 3.05) is 44.7 Å². The molecule has 5 heteroatoms. The zero-order chi connectivity index (χ0) is 19.6. The van der Waals surface area contributed by atoms with Crippen LogP contribution >= 0.6 is 0 Å². The Labute approximate surface area is 168 Å². The van der Waals surface area contributed by atoms with Crippen LogP contribution in [0.5, 0.6) is 0 Å². The summed E-state index contributed by atoms with van der Waals surface area (Å²) >= 11 is 0. The van der Waals surface area contributed by atoms with Crippen molar-refractivity contribution >= 4 is 11.6 Å². The third-order valence-electron chi connectivity index (χ3n) is 5.04. The summed E-state index contributed by atoms with van der Waals surface area (Å²) in [6.07, 6.45) is 0.392. The van der Waals surface area contributed by atoms with Crippen LogP contribution in [0.1, 0.15) is 24.5 Å². The fourth-order valence-corrected chi connectivity index (χ4v) is 3.43. The molecule has 0 bridgehead atoms. The third-order valence-corrected chi connectivity index (χ3v) is 5.04. The third kappa shape index (κ3) is 6.75. The molecule has 1 N–H and O–H groups in total. The summed E-state index contributed by atoms with van der Waals surface area (Å²) in [5.41, 5.74) is 3.51. The number of anilines is 1. The van der Waals surface area contributed by atoms with E-state index in [0.717, 1.165) is 45.0 Å². The van der Waals surface area contributed by atoms with Gasteiger partial charge in [-0.05, 0) is 30.2 Å². The van der Waals surface area contributed by atoms with Gasteiger partial charge in [-0.25, -0.2) is 0 Å². The lowest BCUT2D eigenvalue weighted by Crippen LogP contribution is -2.45. The van der Waals surface area contributed by atoms with E-state index in [4.69, 9.17) is 4.74 Å². The summed E-state index contributed by atoms with van der Waals surface area (Å²) in [5.74, 6) is -0.00395. The summed E-state index contributed by atoms with van der Waals surface area (Å²) in [4.78, 5) is 16.9. The molecule has 0 unspecified atom stereocenters. The molecule has 0 atom stereocenters. The molecular weight excluding hydrogens is 350 g/mol. The number of nitrogens with zero attached hydrogens (tertiary/aromatic N) is 2. The molecular formula is C23H31N3O2. The standard InChI is InChI=1S/C23H31N3O2/c1-2-28-17-12-23(27)24-22-10-8-21(9-11-22)19-26-15-13-25(14-16-26)18-20-6-4-3-5-7-20/h3-11H,2,12-19H2,1H3,(H,24,27). The number of hydrogen-bond acceptors (Lipinski definition) is 4. The first kappa shape index (κ1) is 20.5. The number of amides is 1. The number of carbonyl (C=O) groups excluding carboxylic acids is 1. The Morgan fingerprint density at radius 1 is 0.893 bits per heavy atom. The first-order valence-corrected chi connectivity index (χ1v) is 10.2. The van der Waals surface area contributed by atoms with Crippen LogP contribution in [-0.4, -0.2) is 55.1 Å². The van der Waals surface area contributed by atoms with E-state index >= 15 is 0 Å².